The van der Waals surface area contributed by atoms with Crippen molar-refractivity contribution in [3.63, 3.8) is 0 Å². The lowest BCUT2D eigenvalue weighted by Gasteiger charge is -2.02. The van der Waals surface area contributed by atoms with Gasteiger partial charge in [0.05, 0.1) is 10.9 Å². The van der Waals surface area contributed by atoms with E-state index in [1.54, 1.807) is 6.07 Å². The fourth-order valence-corrected chi connectivity index (χ4v) is 2.78. The number of benzene rings is 3. The van der Waals surface area contributed by atoms with Crippen LogP contribution in [0.2, 0.25) is 0 Å². The number of rotatable bonds is 3. The van der Waals surface area contributed by atoms with E-state index in [1.165, 1.54) is 11.1 Å². The van der Waals surface area contributed by atoms with Crippen LogP contribution in [-0.4, -0.2) is 9.97 Å². The third-order valence-corrected chi connectivity index (χ3v) is 4.08. The molecule has 0 unspecified atom stereocenters. The molecule has 1 heterocycles. The average molecular weight is 324 g/mol. The molecule has 25 heavy (non-hydrogen) atoms. The second kappa shape index (κ2) is 6.57. The molecule has 0 amide bonds. The van der Waals surface area contributed by atoms with Gasteiger partial charge in [-0.1, -0.05) is 72.8 Å². The van der Waals surface area contributed by atoms with Crippen LogP contribution in [0.15, 0.2) is 83.7 Å². The predicted molar refractivity (Wildman–Crippen MR) is 103 cm³/mol. The van der Waals surface area contributed by atoms with Crippen molar-refractivity contribution in [1.29, 1.82) is 0 Å². The van der Waals surface area contributed by atoms with Gasteiger partial charge in [-0.05, 0) is 34.9 Å². The molecule has 0 aliphatic carbocycles. The molecule has 1 aromatic heterocycles. The maximum atomic E-state index is 12.1. The Balaban J connectivity index is 1.61. The number of nitrogens with one attached hydrogen (secondary N) is 1. The van der Waals surface area contributed by atoms with Crippen LogP contribution in [0.3, 0.4) is 0 Å². The first kappa shape index (κ1) is 15.1. The lowest BCUT2D eigenvalue weighted by Crippen LogP contribution is -2.09. The third kappa shape index (κ3) is 3.26. The molecule has 0 aliphatic heterocycles. The van der Waals surface area contributed by atoms with Gasteiger partial charge in [0.2, 0.25) is 0 Å². The lowest BCUT2D eigenvalue weighted by atomic mass is 10.0. The highest BCUT2D eigenvalue weighted by atomic mass is 16.1. The molecular formula is C22H16N2O. The zero-order valence-corrected chi connectivity index (χ0v) is 13.5. The van der Waals surface area contributed by atoms with E-state index >= 15 is 0 Å². The molecule has 3 nitrogen and oxygen atoms in total. The van der Waals surface area contributed by atoms with Crippen molar-refractivity contribution >= 4 is 23.1 Å². The van der Waals surface area contributed by atoms with Crippen LogP contribution in [0.5, 0.6) is 0 Å². The topological polar surface area (TPSA) is 45.8 Å². The quantitative estimate of drug-likeness (QED) is 0.590. The number of aromatic amines is 1. The highest BCUT2D eigenvalue weighted by molar-refractivity contribution is 5.79. The molecule has 4 aromatic rings. The first-order valence-corrected chi connectivity index (χ1v) is 8.12. The summed E-state index contributed by atoms with van der Waals surface area (Å²) in [5, 5.41) is 0.604. The number of para-hydroxylation sites is 1. The summed E-state index contributed by atoms with van der Waals surface area (Å²) in [5.41, 5.74) is 4.00. The van der Waals surface area contributed by atoms with Gasteiger partial charge >= 0.3 is 0 Å². The first-order chi connectivity index (χ1) is 12.3. The second-order valence-corrected chi connectivity index (χ2v) is 5.79. The molecule has 3 heteroatoms. The molecule has 0 spiro atoms. The Hall–Kier alpha value is -3.46. The van der Waals surface area contributed by atoms with E-state index in [0.717, 1.165) is 5.56 Å². The minimum Gasteiger partial charge on any atom is -0.306 e. The molecule has 0 aliphatic rings. The van der Waals surface area contributed by atoms with Crippen LogP contribution in [0.4, 0.5) is 0 Å². The van der Waals surface area contributed by atoms with Gasteiger partial charge < -0.3 is 4.98 Å². The number of aromatic nitrogens is 2. The fourth-order valence-electron chi connectivity index (χ4n) is 2.78. The normalized spacial score (nSPS) is 11.2. The molecule has 0 radical (unpaired) electrons. The predicted octanol–water partition coefficient (Wildman–Crippen LogP) is 4.76. The van der Waals surface area contributed by atoms with Crippen LogP contribution in [-0.2, 0) is 0 Å². The smallest absolute Gasteiger partial charge is 0.259 e. The van der Waals surface area contributed by atoms with Gasteiger partial charge in [-0.3, -0.25) is 4.79 Å². The summed E-state index contributed by atoms with van der Waals surface area (Å²) in [7, 11) is 0. The molecule has 3 aromatic carbocycles. The van der Waals surface area contributed by atoms with E-state index in [4.69, 9.17) is 0 Å². The van der Waals surface area contributed by atoms with Crippen molar-refractivity contribution in [2.24, 2.45) is 0 Å². The van der Waals surface area contributed by atoms with Gasteiger partial charge in [0.25, 0.3) is 5.56 Å². The van der Waals surface area contributed by atoms with Crippen molar-refractivity contribution in [3.8, 4) is 11.1 Å². The number of hydrogen-bond donors (Lipinski definition) is 1. The second-order valence-electron chi connectivity index (χ2n) is 5.79. The summed E-state index contributed by atoms with van der Waals surface area (Å²) < 4.78 is 0. The van der Waals surface area contributed by atoms with Gasteiger partial charge in [0.1, 0.15) is 5.82 Å². The van der Waals surface area contributed by atoms with Gasteiger partial charge in [-0.25, -0.2) is 4.98 Å². The zero-order chi connectivity index (χ0) is 17.1. The van der Waals surface area contributed by atoms with Crippen LogP contribution in [0.25, 0.3) is 34.2 Å². The fraction of sp³-hybridized carbons (Fsp3) is 0. The average Bonchev–Trinajstić information content (AvgIpc) is 2.68. The highest BCUT2D eigenvalue weighted by Gasteiger charge is 2.00. The van der Waals surface area contributed by atoms with Crippen molar-refractivity contribution in [2.75, 3.05) is 0 Å². The molecule has 0 fully saturated rings. The largest absolute Gasteiger partial charge is 0.306 e. The molecule has 0 saturated carbocycles. The molecule has 0 atom stereocenters. The minimum absolute atomic E-state index is 0.121. The maximum Gasteiger partial charge on any atom is 0.259 e. The van der Waals surface area contributed by atoms with Gasteiger partial charge in [-0.2, -0.15) is 0 Å². The summed E-state index contributed by atoms with van der Waals surface area (Å²) in [6.45, 7) is 0. The number of H-pyrrole nitrogens is 1. The molecule has 0 saturated heterocycles. The Morgan fingerprint density at radius 3 is 2.20 bits per heavy atom. The summed E-state index contributed by atoms with van der Waals surface area (Å²) in [5.74, 6) is 0.552. The summed E-state index contributed by atoms with van der Waals surface area (Å²) >= 11 is 0. The Kier molecular flexibility index (Phi) is 3.97. The van der Waals surface area contributed by atoms with E-state index in [-0.39, 0.29) is 5.56 Å². The van der Waals surface area contributed by atoms with Crippen molar-refractivity contribution in [3.05, 3.63) is 101 Å². The van der Waals surface area contributed by atoms with Crippen LogP contribution < -0.4 is 5.56 Å². The van der Waals surface area contributed by atoms with Gasteiger partial charge in [0.15, 0.2) is 0 Å². The summed E-state index contributed by atoms with van der Waals surface area (Å²) in [4.78, 5) is 19.4. The van der Waals surface area contributed by atoms with Crippen LogP contribution >= 0.6 is 0 Å². The monoisotopic (exact) mass is 324 g/mol. The third-order valence-electron chi connectivity index (χ3n) is 4.08. The van der Waals surface area contributed by atoms with E-state index < -0.39 is 0 Å². The van der Waals surface area contributed by atoms with Crippen molar-refractivity contribution < 1.29 is 0 Å². The van der Waals surface area contributed by atoms with E-state index in [9.17, 15) is 4.79 Å². The summed E-state index contributed by atoms with van der Waals surface area (Å²) in [6.07, 6.45) is 3.77. The molecular weight excluding hydrogens is 308 g/mol. The van der Waals surface area contributed by atoms with Gasteiger partial charge in [0, 0.05) is 0 Å². The highest BCUT2D eigenvalue weighted by Crippen LogP contribution is 2.20. The Bertz CT molecular complexity index is 1090. The standard InChI is InChI=1S/C22H16N2O/c25-22-19-8-4-5-9-20(19)23-21(24-22)15-12-16-10-13-18(14-11-16)17-6-2-1-3-7-17/h1-15H,(H,23,24,25)/b15-12+. The minimum atomic E-state index is -0.121. The van der Waals surface area contributed by atoms with E-state index in [2.05, 4.69) is 46.4 Å². The van der Waals surface area contributed by atoms with Crippen molar-refractivity contribution in [2.45, 2.75) is 0 Å². The first-order valence-electron chi connectivity index (χ1n) is 8.12. The molecule has 0 bridgehead atoms. The van der Waals surface area contributed by atoms with Crippen molar-refractivity contribution in [1.82, 2.24) is 9.97 Å². The molecule has 4 rings (SSSR count). The van der Waals surface area contributed by atoms with Gasteiger partial charge in [-0.15, -0.1) is 0 Å². The van der Waals surface area contributed by atoms with E-state index in [1.807, 2.05) is 48.6 Å². The Morgan fingerprint density at radius 2 is 1.40 bits per heavy atom. The Labute approximate surface area is 145 Å². The zero-order valence-electron chi connectivity index (χ0n) is 13.5. The number of hydrogen-bond acceptors (Lipinski definition) is 2. The number of fused-ring (bicyclic) bond motifs is 1. The SMILES string of the molecule is O=c1[nH]c(/C=C/c2ccc(-c3ccccc3)cc2)nc2ccccc12. The van der Waals surface area contributed by atoms with Crippen LogP contribution in [0.1, 0.15) is 11.4 Å². The van der Waals surface area contributed by atoms with Crippen LogP contribution in [0, 0.1) is 0 Å². The summed E-state index contributed by atoms with van der Waals surface area (Å²) in [6, 6.07) is 25.9. The maximum absolute atomic E-state index is 12.1. The van der Waals surface area contributed by atoms with E-state index in [0.29, 0.717) is 16.7 Å². The lowest BCUT2D eigenvalue weighted by molar-refractivity contribution is 1.14. The number of nitrogens with zero attached hydrogens (tertiary/aromatic N) is 1. The molecule has 1 N–H and O–H groups in total. The Morgan fingerprint density at radius 1 is 0.720 bits per heavy atom. The molecule has 120 valence electrons.